The van der Waals surface area contributed by atoms with Gasteiger partial charge in [-0.2, -0.15) is 0 Å². The first-order valence-electron chi connectivity index (χ1n) is 7.36. The quantitative estimate of drug-likeness (QED) is 0.847. The van der Waals surface area contributed by atoms with Gasteiger partial charge in [-0.15, -0.1) is 12.4 Å². The molecule has 0 aliphatic carbocycles. The molecule has 1 aromatic carbocycles. The Hall–Kier alpha value is -1.26. The smallest absolute Gasteiger partial charge is 0.240 e. The number of rotatable bonds is 6. The Labute approximate surface area is 133 Å². The third kappa shape index (κ3) is 4.35. The maximum atomic E-state index is 12.3. The highest BCUT2D eigenvalue weighted by Gasteiger charge is 2.38. The van der Waals surface area contributed by atoms with Gasteiger partial charge >= 0.3 is 0 Å². The molecule has 0 saturated carbocycles. The number of amides is 1. The minimum atomic E-state index is -0.333. The van der Waals surface area contributed by atoms with E-state index in [4.69, 9.17) is 4.74 Å². The van der Waals surface area contributed by atoms with Crippen molar-refractivity contribution in [3.05, 3.63) is 29.8 Å². The zero-order valence-electron chi connectivity index (χ0n) is 12.8. The lowest BCUT2D eigenvalue weighted by molar-refractivity contribution is -0.127. The topological polar surface area (TPSA) is 50.4 Å². The van der Waals surface area contributed by atoms with Gasteiger partial charge in [-0.3, -0.25) is 4.79 Å². The van der Waals surface area contributed by atoms with E-state index in [9.17, 15) is 4.79 Å². The second-order valence-electron chi connectivity index (χ2n) is 5.32. The first-order valence-corrected chi connectivity index (χ1v) is 7.36. The average Bonchev–Trinajstić information content (AvgIpc) is 2.98. The zero-order valence-corrected chi connectivity index (χ0v) is 13.6. The fraction of sp³-hybridized carbons (Fsp3) is 0.562. The number of carbonyl (C=O) groups is 1. The van der Waals surface area contributed by atoms with E-state index >= 15 is 0 Å². The molecule has 1 atom stereocenters. The summed E-state index contributed by atoms with van der Waals surface area (Å²) in [6.45, 7) is 3.69. The van der Waals surface area contributed by atoms with E-state index in [-0.39, 0.29) is 23.9 Å². The molecular formula is C16H25ClN2O2. The van der Waals surface area contributed by atoms with Crippen LogP contribution in [0.3, 0.4) is 0 Å². The summed E-state index contributed by atoms with van der Waals surface area (Å²) in [4.78, 5) is 12.3. The Kier molecular flexibility index (Phi) is 6.99. The van der Waals surface area contributed by atoms with Crippen LogP contribution in [0, 0.1) is 0 Å². The van der Waals surface area contributed by atoms with E-state index in [1.165, 1.54) is 5.56 Å². The summed E-state index contributed by atoms with van der Waals surface area (Å²) in [5, 5.41) is 6.42. The van der Waals surface area contributed by atoms with Crippen molar-refractivity contribution in [2.24, 2.45) is 0 Å². The van der Waals surface area contributed by atoms with Crippen molar-refractivity contribution in [2.75, 3.05) is 20.2 Å². The molecule has 2 N–H and O–H groups in total. The van der Waals surface area contributed by atoms with Gasteiger partial charge in [0.25, 0.3) is 0 Å². The molecule has 1 saturated heterocycles. The van der Waals surface area contributed by atoms with E-state index in [1.807, 2.05) is 24.3 Å². The van der Waals surface area contributed by atoms with Gasteiger partial charge in [-0.1, -0.05) is 19.1 Å². The van der Waals surface area contributed by atoms with Gasteiger partial charge < -0.3 is 15.4 Å². The number of hydrogen-bond donors (Lipinski definition) is 2. The highest BCUT2D eigenvalue weighted by atomic mass is 35.5. The number of hydrogen-bond acceptors (Lipinski definition) is 3. The molecule has 1 fully saturated rings. The van der Waals surface area contributed by atoms with Crippen LogP contribution in [0.25, 0.3) is 0 Å². The Balaban J connectivity index is 0.00000220. The third-order valence-corrected chi connectivity index (χ3v) is 4.14. The summed E-state index contributed by atoms with van der Waals surface area (Å²) in [7, 11) is 1.66. The summed E-state index contributed by atoms with van der Waals surface area (Å²) in [6, 6.07) is 7.97. The molecule has 0 aromatic heterocycles. The van der Waals surface area contributed by atoms with Gasteiger partial charge in [0.05, 0.1) is 12.6 Å². The Morgan fingerprint density at radius 2 is 2.10 bits per heavy atom. The fourth-order valence-corrected chi connectivity index (χ4v) is 2.74. The number of halogens is 1. The molecule has 4 nitrogen and oxygen atoms in total. The Bertz CT molecular complexity index is 442. The van der Waals surface area contributed by atoms with E-state index in [0.717, 1.165) is 38.0 Å². The minimum absolute atomic E-state index is 0. The van der Waals surface area contributed by atoms with Crippen molar-refractivity contribution in [3.8, 4) is 5.75 Å². The molecule has 0 radical (unpaired) electrons. The Morgan fingerprint density at radius 3 is 2.62 bits per heavy atom. The van der Waals surface area contributed by atoms with Gasteiger partial charge in [0, 0.05) is 6.54 Å². The molecule has 1 aliphatic rings. The van der Waals surface area contributed by atoms with Crippen LogP contribution >= 0.6 is 12.4 Å². The second kappa shape index (κ2) is 8.25. The van der Waals surface area contributed by atoms with Crippen molar-refractivity contribution in [2.45, 2.75) is 38.1 Å². The predicted octanol–water partition coefficient (Wildman–Crippen LogP) is 2.31. The third-order valence-electron chi connectivity index (χ3n) is 4.14. The van der Waals surface area contributed by atoms with Crippen LogP contribution in [0.2, 0.25) is 0 Å². The van der Waals surface area contributed by atoms with Gasteiger partial charge in [-0.05, 0) is 49.9 Å². The van der Waals surface area contributed by atoms with E-state index < -0.39 is 0 Å². The number of nitrogens with one attached hydrogen (secondary N) is 2. The summed E-state index contributed by atoms with van der Waals surface area (Å²) in [5.74, 6) is 1.00. The van der Waals surface area contributed by atoms with E-state index in [0.29, 0.717) is 6.54 Å². The number of benzene rings is 1. The molecule has 1 amide bonds. The average molecular weight is 313 g/mol. The standard InChI is InChI=1S/C16H24N2O2.ClH/c1-3-16(10-4-11-18-16)15(19)17-12-9-13-5-7-14(20-2)8-6-13;/h5-8,18H,3-4,9-12H2,1-2H3,(H,17,19);1H. The predicted molar refractivity (Wildman–Crippen MR) is 87.2 cm³/mol. The number of carbonyl (C=O) groups excluding carboxylic acids is 1. The molecular weight excluding hydrogens is 288 g/mol. The summed E-state index contributed by atoms with van der Waals surface area (Å²) in [6.07, 6.45) is 3.72. The van der Waals surface area contributed by atoms with Crippen molar-refractivity contribution in [1.82, 2.24) is 10.6 Å². The maximum absolute atomic E-state index is 12.3. The summed E-state index contributed by atoms with van der Waals surface area (Å²) in [5.41, 5.74) is 0.871. The Morgan fingerprint density at radius 1 is 1.38 bits per heavy atom. The number of methoxy groups -OCH3 is 1. The molecule has 1 aromatic rings. The first-order chi connectivity index (χ1) is 9.70. The minimum Gasteiger partial charge on any atom is -0.497 e. The second-order valence-corrected chi connectivity index (χ2v) is 5.32. The van der Waals surface area contributed by atoms with Gasteiger partial charge in [0.1, 0.15) is 5.75 Å². The largest absolute Gasteiger partial charge is 0.497 e. The molecule has 0 bridgehead atoms. The van der Waals surface area contributed by atoms with Gasteiger partial charge in [-0.25, -0.2) is 0 Å². The lowest BCUT2D eigenvalue weighted by Crippen LogP contribution is -2.53. The van der Waals surface area contributed by atoms with Crippen molar-refractivity contribution < 1.29 is 9.53 Å². The van der Waals surface area contributed by atoms with Crippen LogP contribution < -0.4 is 15.4 Å². The van der Waals surface area contributed by atoms with Crippen molar-refractivity contribution in [3.63, 3.8) is 0 Å². The zero-order chi connectivity index (χ0) is 14.4. The summed E-state index contributed by atoms with van der Waals surface area (Å²) < 4.78 is 5.13. The lowest BCUT2D eigenvalue weighted by atomic mass is 9.93. The molecule has 5 heteroatoms. The molecule has 1 heterocycles. The molecule has 0 spiro atoms. The first kappa shape index (κ1) is 17.8. The summed E-state index contributed by atoms with van der Waals surface area (Å²) >= 11 is 0. The normalized spacial score (nSPS) is 20.7. The van der Waals surface area contributed by atoms with Gasteiger partial charge in [0.15, 0.2) is 0 Å². The van der Waals surface area contributed by atoms with Crippen LogP contribution in [0.5, 0.6) is 5.75 Å². The number of ether oxygens (including phenoxy) is 1. The van der Waals surface area contributed by atoms with Gasteiger partial charge in [0.2, 0.25) is 5.91 Å². The fourth-order valence-electron chi connectivity index (χ4n) is 2.74. The maximum Gasteiger partial charge on any atom is 0.240 e. The van der Waals surface area contributed by atoms with E-state index in [1.54, 1.807) is 7.11 Å². The highest BCUT2D eigenvalue weighted by molar-refractivity contribution is 5.86. The molecule has 118 valence electrons. The molecule has 21 heavy (non-hydrogen) atoms. The SMILES string of the molecule is CCC1(C(=O)NCCc2ccc(OC)cc2)CCCN1.Cl. The highest BCUT2D eigenvalue weighted by Crippen LogP contribution is 2.23. The lowest BCUT2D eigenvalue weighted by Gasteiger charge is -2.26. The van der Waals surface area contributed by atoms with Crippen molar-refractivity contribution in [1.29, 1.82) is 0 Å². The van der Waals surface area contributed by atoms with Crippen LogP contribution in [0.4, 0.5) is 0 Å². The molecule has 1 unspecified atom stereocenters. The van der Waals surface area contributed by atoms with Crippen LogP contribution in [0.1, 0.15) is 31.7 Å². The molecule has 1 aliphatic heterocycles. The van der Waals surface area contributed by atoms with Crippen LogP contribution in [0.15, 0.2) is 24.3 Å². The van der Waals surface area contributed by atoms with E-state index in [2.05, 4.69) is 17.6 Å². The van der Waals surface area contributed by atoms with Crippen LogP contribution in [-0.2, 0) is 11.2 Å². The van der Waals surface area contributed by atoms with Crippen LogP contribution in [-0.4, -0.2) is 31.6 Å². The van der Waals surface area contributed by atoms with Crippen molar-refractivity contribution >= 4 is 18.3 Å². The molecule has 2 rings (SSSR count). The monoisotopic (exact) mass is 312 g/mol.